The summed E-state index contributed by atoms with van der Waals surface area (Å²) in [5.41, 5.74) is 10.4. The van der Waals surface area contributed by atoms with Crippen LogP contribution >= 0.6 is 21.6 Å². The Bertz CT molecular complexity index is 203. The number of aliphatic carboxylic acids is 2. The van der Waals surface area contributed by atoms with Gasteiger partial charge >= 0.3 is 41.5 Å². The first kappa shape index (κ1) is 17.9. The maximum atomic E-state index is 10.3. The molecule has 0 aliphatic heterocycles. The molecule has 0 bridgehead atoms. The predicted molar refractivity (Wildman–Crippen MR) is 57.3 cm³/mol. The zero-order valence-corrected chi connectivity index (χ0v) is 11.9. The van der Waals surface area contributed by atoms with Gasteiger partial charge in [0.25, 0.3) is 0 Å². The van der Waals surface area contributed by atoms with Crippen LogP contribution in [0.3, 0.4) is 0 Å². The minimum absolute atomic E-state index is 0. The van der Waals surface area contributed by atoms with Crippen molar-refractivity contribution in [2.24, 2.45) is 11.5 Å². The molecule has 0 aromatic rings. The van der Waals surface area contributed by atoms with Gasteiger partial charge in [-0.2, -0.15) is 0 Å². The van der Waals surface area contributed by atoms with Gasteiger partial charge in [-0.25, -0.2) is 0 Å². The molecule has 0 fully saturated rings. The summed E-state index contributed by atoms with van der Waals surface area (Å²) in [5.74, 6) is -1.68. The molecule has 6 N–H and O–H groups in total. The average Bonchev–Trinajstić information content (AvgIpc) is 2.11. The molecular weight excluding hydrogens is 251 g/mol. The predicted octanol–water partition coefficient (Wildman–Crippen LogP) is -3.69. The minimum atomic E-state index is -1.07. The summed E-state index contributed by atoms with van der Waals surface area (Å²) in [7, 11) is 2.41. The minimum Gasteiger partial charge on any atom is -1.00 e. The molecule has 0 aliphatic carbocycles. The number of hydrogen-bond donors (Lipinski definition) is 4. The van der Waals surface area contributed by atoms with E-state index in [2.05, 4.69) is 0 Å². The smallest absolute Gasteiger partial charge is 1.00 e. The van der Waals surface area contributed by atoms with Crippen LogP contribution in [0.4, 0.5) is 0 Å². The third-order valence-corrected chi connectivity index (χ3v) is 3.69. The Morgan fingerprint density at radius 1 is 1.07 bits per heavy atom. The Morgan fingerprint density at radius 3 is 1.53 bits per heavy atom. The molecule has 0 spiro atoms. The topological polar surface area (TPSA) is 127 Å². The maximum absolute atomic E-state index is 10.3. The molecule has 0 saturated heterocycles. The molecular formula is C6H13N2NaO4S2. The molecule has 15 heavy (non-hydrogen) atoms. The van der Waals surface area contributed by atoms with Crippen molar-refractivity contribution in [2.75, 3.05) is 11.5 Å². The molecule has 2 atom stereocenters. The number of nitrogens with two attached hydrogens (primary N) is 2. The van der Waals surface area contributed by atoms with E-state index in [4.69, 9.17) is 21.7 Å². The monoisotopic (exact) mass is 264 g/mol. The van der Waals surface area contributed by atoms with Crippen molar-refractivity contribution in [2.45, 2.75) is 12.1 Å². The van der Waals surface area contributed by atoms with Gasteiger partial charge in [0.1, 0.15) is 12.1 Å². The van der Waals surface area contributed by atoms with Crippen molar-refractivity contribution in [3.05, 3.63) is 0 Å². The molecule has 9 heteroatoms. The number of carboxylic acids is 2. The maximum Gasteiger partial charge on any atom is 1.00 e. The van der Waals surface area contributed by atoms with E-state index in [1.807, 2.05) is 0 Å². The van der Waals surface area contributed by atoms with Gasteiger partial charge in [-0.05, 0) is 0 Å². The summed E-state index contributed by atoms with van der Waals surface area (Å²) in [4.78, 5) is 20.5. The molecule has 0 rings (SSSR count). The van der Waals surface area contributed by atoms with Crippen LogP contribution in [0.5, 0.6) is 0 Å². The Balaban J connectivity index is -0.000000845. The summed E-state index contributed by atoms with van der Waals surface area (Å²) in [6.45, 7) is 0. The SMILES string of the molecule is NC(CSSCC(N)C(=O)O)C(=O)O.[H-].[Na+]. The van der Waals surface area contributed by atoms with E-state index >= 15 is 0 Å². The van der Waals surface area contributed by atoms with Gasteiger partial charge in [0.15, 0.2) is 0 Å². The van der Waals surface area contributed by atoms with Crippen LogP contribution in [0.15, 0.2) is 0 Å². The van der Waals surface area contributed by atoms with Crippen molar-refractivity contribution in [1.82, 2.24) is 0 Å². The summed E-state index contributed by atoms with van der Waals surface area (Å²) >= 11 is 0. The van der Waals surface area contributed by atoms with E-state index in [1.54, 1.807) is 0 Å². The molecule has 84 valence electrons. The molecule has 0 aromatic carbocycles. The number of rotatable bonds is 7. The molecule has 0 saturated carbocycles. The van der Waals surface area contributed by atoms with Gasteiger partial charge in [0, 0.05) is 11.5 Å². The first-order valence-corrected chi connectivity index (χ1v) is 6.15. The van der Waals surface area contributed by atoms with Gasteiger partial charge in [-0.3, -0.25) is 9.59 Å². The number of hydrogen-bond acceptors (Lipinski definition) is 6. The van der Waals surface area contributed by atoms with Crippen molar-refractivity contribution in [1.29, 1.82) is 0 Å². The van der Waals surface area contributed by atoms with Gasteiger partial charge in [-0.1, -0.05) is 21.6 Å². The second-order valence-electron chi connectivity index (χ2n) is 2.46. The van der Waals surface area contributed by atoms with Gasteiger partial charge in [-0.15, -0.1) is 0 Å². The molecule has 0 heterocycles. The third-order valence-electron chi connectivity index (χ3n) is 1.21. The summed E-state index contributed by atoms with van der Waals surface area (Å²) in [6, 6.07) is -1.85. The second kappa shape index (κ2) is 9.76. The fourth-order valence-electron chi connectivity index (χ4n) is 0.385. The molecule has 6 nitrogen and oxygen atoms in total. The molecule has 0 radical (unpaired) electrons. The average molecular weight is 264 g/mol. The van der Waals surface area contributed by atoms with E-state index in [9.17, 15) is 9.59 Å². The van der Waals surface area contributed by atoms with Crippen LogP contribution in [0.2, 0.25) is 0 Å². The van der Waals surface area contributed by atoms with Crippen molar-refractivity contribution < 1.29 is 50.8 Å². The summed E-state index contributed by atoms with van der Waals surface area (Å²) < 4.78 is 0. The Hall–Kier alpha value is 0.560. The largest absolute Gasteiger partial charge is 1.00 e. The normalized spacial score (nSPS) is 13.7. The number of carboxylic acid groups (broad SMARTS) is 2. The van der Waals surface area contributed by atoms with Crippen molar-refractivity contribution in [3.8, 4) is 0 Å². The van der Waals surface area contributed by atoms with Gasteiger partial charge < -0.3 is 23.1 Å². The van der Waals surface area contributed by atoms with Crippen LogP contribution in [0.25, 0.3) is 0 Å². The van der Waals surface area contributed by atoms with Crippen LogP contribution in [-0.4, -0.2) is 45.7 Å². The summed E-state index contributed by atoms with van der Waals surface area (Å²) in [5, 5.41) is 16.8. The quantitative estimate of drug-likeness (QED) is 0.210. The fraction of sp³-hybridized carbons (Fsp3) is 0.667. The van der Waals surface area contributed by atoms with E-state index in [0.717, 1.165) is 0 Å². The van der Waals surface area contributed by atoms with E-state index in [0.29, 0.717) is 0 Å². The molecule has 2 unspecified atom stereocenters. The van der Waals surface area contributed by atoms with Gasteiger partial charge in [0.05, 0.1) is 0 Å². The van der Waals surface area contributed by atoms with Crippen LogP contribution in [0.1, 0.15) is 1.43 Å². The Morgan fingerprint density at radius 2 is 1.33 bits per heavy atom. The van der Waals surface area contributed by atoms with Crippen LogP contribution in [0, 0.1) is 0 Å². The standard InChI is InChI=1S/C6H12N2O4S2.Na.H/c7-3(5(9)10)1-13-14-2-4(8)6(11)12;;/h3-4H,1-2,7-8H2,(H,9,10)(H,11,12);;/q;+1;-1. The molecule has 0 aromatic heterocycles. The number of carbonyl (C=O) groups is 2. The molecule has 0 amide bonds. The van der Waals surface area contributed by atoms with Crippen LogP contribution < -0.4 is 41.0 Å². The first-order valence-electron chi connectivity index (χ1n) is 3.66. The van der Waals surface area contributed by atoms with E-state index in [1.165, 1.54) is 21.6 Å². The fourth-order valence-corrected chi connectivity index (χ4v) is 2.61. The van der Waals surface area contributed by atoms with E-state index in [-0.39, 0.29) is 42.5 Å². The Kier molecular flexibility index (Phi) is 11.7. The zero-order chi connectivity index (χ0) is 11.1. The Labute approximate surface area is 119 Å². The zero-order valence-electron chi connectivity index (χ0n) is 9.25. The van der Waals surface area contributed by atoms with Crippen molar-refractivity contribution in [3.63, 3.8) is 0 Å². The summed E-state index contributed by atoms with van der Waals surface area (Å²) in [6.07, 6.45) is 0. The van der Waals surface area contributed by atoms with E-state index < -0.39 is 24.0 Å². The second-order valence-corrected chi connectivity index (χ2v) is 5.01. The van der Waals surface area contributed by atoms with Crippen molar-refractivity contribution >= 4 is 33.5 Å². The van der Waals surface area contributed by atoms with Gasteiger partial charge in [0.2, 0.25) is 0 Å². The first-order chi connectivity index (χ1) is 6.45. The molecule has 0 aliphatic rings. The third kappa shape index (κ3) is 9.49. The van der Waals surface area contributed by atoms with Crippen LogP contribution in [-0.2, 0) is 9.59 Å².